The van der Waals surface area contributed by atoms with E-state index in [2.05, 4.69) is 17.1 Å². The Morgan fingerprint density at radius 1 is 1.80 bits per heavy atom. The highest BCUT2D eigenvalue weighted by atomic mass is 16.3. The van der Waals surface area contributed by atoms with Gasteiger partial charge in [0.05, 0.1) is 6.04 Å². The molecule has 1 atom stereocenters. The molecule has 0 unspecified atom stereocenters. The Bertz CT molecular complexity index is 188. The molecule has 0 saturated carbocycles. The van der Waals surface area contributed by atoms with Crippen LogP contribution < -0.4 is 5.32 Å². The second-order valence-corrected chi connectivity index (χ2v) is 2.32. The molecule has 1 aliphatic rings. The summed E-state index contributed by atoms with van der Waals surface area (Å²) in [6, 6.07) is -0.412. The van der Waals surface area contributed by atoms with Crippen LogP contribution >= 0.6 is 0 Å². The van der Waals surface area contributed by atoms with Crippen molar-refractivity contribution >= 4 is 5.91 Å². The second-order valence-electron chi connectivity index (χ2n) is 2.32. The summed E-state index contributed by atoms with van der Waals surface area (Å²) in [4.78, 5) is 20.3. The quantitative estimate of drug-likeness (QED) is 0.418. The predicted octanol–water partition coefficient (Wildman–Crippen LogP) is 0.197. The summed E-state index contributed by atoms with van der Waals surface area (Å²) in [5.74, 6) is -0.626. The fraction of sp³-hybridized carbons (Fsp3) is 0.500. The van der Waals surface area contributed by atoms with E-state index in [1.54, 1.807) is 0 Å². The SMILES string of the molecule is C=C1CN[C@H](C(=O)N=O)C1. The van der Waals surface area contributed by atoms with E-state index >= 15 is 0 Å². The van der Waals surface area contributed by atoms with Crippen LogP contribution in [0.1, 0.15) is 6.42 Å². The lowest BCUT2D eigenvalue weighted by molar-refractivity contribution is -0.119. The molecule has 1 saturated heterocycles. The van der Waals surface area contributed by atoms with Gasteiger partial charge in [-0.3, -0.25) is 4.79 Å². The van der Waals surface area contributed by atoms with Gasteiger partial charge in [0.2, 0.25) is 0 Å². The van der Waals surface area contributed by atoms with Crippen molar-refractivity contribution in [3.8, 4) is 0 Å². The second kappa shape index (κ2) is 2.70. The zero-order valence-corrected chi connectivity index (χ0v) is 5.46. The van der Waals surface area contributed by atoms with Crippen molar-refractivity contribution in [1.29, 1.82) is 0 Å². The van der Waals surface area contributed by atoms with Crippen molar-refractivity contribution in [2.75, 3.05) is 6.54 Å². The molecule has 1 fully saturated rings. The third kappa shape index (κ3) is 1.27. The lowest BCUT2D eigenvalue weighted by Crippen LogP contribution is -2.28. The average Bonchev–Trinajstić information content (AvgIpc) is 2.34. The highest BCUT2D eigenvalue weighted by Gasteiger charge is 2.24. The minimum atomic E-state index is -0.626. The molecule has 0 aromatic rings. The Kier molecular flexibility index (Phi) is 1.91. The number of hydrogen-bond acceptors (Lipinski definition) is 3. The average molecular weight is 140 g/mol. The standard InChI is InChI=1S/C6H8N2O2/c1-4-2-5(7-3-4)6(9)8-10/h5,7H,1-3H2/t5-/m0/s1. The molecule has 1 N–H and O–H groups in total. The summed E-state index contributed by atoms with van der Waals surface area (Å²) in [6.45, 7) is 4.28. The number of rotatable bonds is 1. The highest BCUT2D eigenvalue weighted by Crippen LogP contribution is 2.10. The zero-order chi connectivity index (χ0) is 7.56. The summed E-state index contributed by atoms with van der Waals surface area (Å²) in [5.41, 5.74) is 0.946. The summed E-state index contributed by atoms with van der Waals surface area (Å²) >= 11 is 0. The summed E-state index contributed by atoms with van der Waals surface area (Å²) in [5, 5.41) is 5.13. The lowest BCUT2D eigenvalue weighted by atomic mass is 10.2. The van der Waals surface area contributed by atoms with Crippen LogP contribution in [-0.2, 0) is 4.79 Å². The Labute approximate surface area is 58.3 Å². The molecule has 4 nitrogen and oxygen atoms in total. The van der Waals surface area contributed by atoms with Crippen molar-refractivity contribution < 1.29 is 4.79 Å². The molecule has 4 heteroatoms. The zero-order valence-electron chi connectivity index (χ0n) is 5.46. The Morgan fingerprint density at radius 3 is 2.90 bits per heavy atom. The van der Waals surface area contributed by atoms with E-state index in [1.807, 2.05) is 0 Å². The van der Waals surface area contributed by atoms with Crippen molar-refractivity contribution in [2.45, 2.75) is 12.5 Å². The summed E-state index contributed by atoms with van der Waals surface area (Å²) in [6.07, 6.45) is 0.546. The van der Waals surface area contributed by atoms with E-state index in [9.17, 15) is 9.70 Å². The molecule has 0 spiro atoms. The van der Waals surface area contributed by atoms with Gasteiger partial charge in [-0.2, -0.15) is 0 Å². The normalized spacial score (nSPS) is 24.8. The molecule has 1 heterocycles. The number of nitrogens with zero attached hydrogens (tertiary/aromatic N) is 1. The van der Waals surface area contributed by atoms with Crippen LogP contribution in [0, 0.1) is 4.91 Å². The van der Waals surface area contributed by atoms with Crippen LogP contribution in [0.15, 0.2) is 17.3 Å². The fourth-order valence-electron chi connectivity index (χ4n) is 0.939. The van der Waals surface area contributed by atoms with Crippen LogP contribution in [0.4, 0.5) is 0 Å². The van der Waals surface area contributed by atoms with E-state index in [4.69, 9.17) is 0 Å². The highest BCUT2D eigenvalue weighted by molar-refractivity contribution is 5.83. The molecule has 0 aromatic carbocycles. The van der Waals surface area contributed by atoms with Gasteiger partial charge >= 0.3 is 5.91 Å². The molecule has 0 bridgehead atoms. The van der Waals surface area contributed by atoms with E-state index in [0.29, 0.717) is 13.0 Å². The van der Waals surface area contributed by atoms with Gasteiger partial charge in [0.1, 0.15) is 0 Å². The van der Waals surface area contributed by atoms with Crippen molar-refractivity contribution in [2.24, 2.45) is 5.18 Å². The molecule has 10 heavy (non-hydrogen) atoms. The topological polar surface area (TPSA) is 58.5 Å². The maximum Gasteiger partial charge on any atom is 0.303 e. The third-order valence-corrected chi connectivity index (χ3v) is 1.48. The summed E-state index contributed by atoms with van der Waals surface area (Å²) < 4.78 is 0. The number of carbonyl (C=O) groups is 1. The molecule has 0 aromatic heterocycles. The molecular weight excluding hydrogens is 132 g/mol. The van der Waals surface area contributed by atoms with Gasteiger partial charge in [0.25, 0.3) is 0 Å². The van der Waals surface area contributed by atoms with E-state index in [1.165, 1.54) is 0 Å². The van der Waals surface area contributed by atoms with Gasteiger partial charge in [0.15, 0.2) is 0 Å². The van der Waals surface area contributed by atoms with Gasteiger partial charge in [0, 0.05) is 11.7 Å². The number of carbonyl (C=O) groups excluding carboxylic acids is 1. The van der Waals surface area contributed by atoms with Gasteiger partial charge in [-0.15, -0.1) is 4.91 Å². The molecule has 54 valence electrons. The minimum absolute atomic E-state index is 0.412. The molecule has 1 amide bonds. The predicted molar refractivity (Wildman–Crippen MR) is 36.3 cm³/mol. The van der Waals surface area contributed by atoms with Gasteiger partial charge < -0.3 is 5.32 Å². The maximum absolute atomic E-state index is 10.6. The third-order valence-electron chi connectivity index (χ3n) is 1.48. The first kappa shape index (κ1) is 7.08. The number of nitrogens with one attached hydrogen (secondary N) is 1. The number of hydrogen-bond donors (Lipinski definition) is 1. The van der Waals surface area contributed by atoms with Gasteiger partial charge in [-0.25, -0.2) is 0 Å². The maximum atomic E-state index is 10.6. The largest absolute Gasteiger partial charge is 0.303 e. The number of amides is 1. The van der Waals surface area contributed by atoms with E-state index in [-0.39, 0.29) is 0 Å². The van der Waals surface area contributed by atoms with Crippen molar-refractivity contribution in [3.63, 3.8) is 0 Å². The Morgan fingerprint density at radius 2 is 2.50 bits per heavy atom. The van der Waals surface area contributed by atoms with Crippen LogP contribution in [-0.4, -0.2) is 18.5 Å². The van der Waals surface area contributed by atoms with Crippen LogP contribution in [0.2, 0.25) is 0 Å². The van der Waals surface area contributed by atoms with Gasteiger partial charge in [-0.1, -0.05) is 12.2 Å². The molecule has 0 radical (unpaired) electrons. The summed E-state index contributed by atoms with van der Waals surface area (Å²) in [7, 11) is 0. The molecule has 1 rings (SSSR count). The molecule has 0 aliphatic carbocycles. The first-order valence-electron chi connectivity index (χ1n) is 3.01. The van der Waals surface area contributed by atoms with Crippen molar-refractivity contribution in [3.05, 3.63) is 17.1 Å². The van der Waals surface area contributed by atoms with Gasteiger partial charge in [-0.05, 0) is 6.42 Å². The minimum Gasteiger partial charge on any atom is -0.302 e. The molecular formula is C6H8N2O2. The Balaban J connectivity index is 2.52. The van der Waals surface area contributed by atoms with Crippen molar-refractivity contribution in [1.82, 2.24) is 5.32 Å². The molecule has 1 aliphatic heterocycles. The first-order valence-corrected chi connectivity index (χ1v) is 3.01. The van der Waals surface area contributed by atoms with Crippen LogP contribution in [0.5, 0.6) is 0 Å². The number of nitroso groups, excluding NO2 is 1. The monoisotopic (exact) mass is 140 g/mol. The van der Waals surface area contributed by atoms with E-state index in [0.717, 1.165) is 5.57 Å². The van der Waals surface area contributed by atoms with E-state index < -0.39 is 11.9 Å². The smallest absolute Gasteiger partial charge is 0.302 e. The fourth-order valence-corrected chi connectivity index (χ4v) is 0.939. The Hall–Kier alpha value is -1.03. The van der Waals surface area contributed by atoms with Crippen LogP contribution in [0.3, 0.4) is 0 Å². The van der Waals surface area contributed by atoms with Crippen LogP contribution in [0.25, 0.3) is 0 Å². The first-order chi connectivity index (χ1) is 4.74. The lowest BCUT2D eigenvalue weighted by Gasteiger charge is -1.98.